The van der Waals surface area contributed by atoms with E-state index in [0.29, 0.717) is 0 Å². The molecule has 0 aromatic heterocycles. The van der Waals surface area contributed by atoms with E-state index in [1.165, 1.54) is 45.4 Å². The van der Waals surface area contributed by atoms with Gasteiger partial charge in [-0.25, -0.2) is 4.79 Å². The number of aliphatic hydroxyl groups excluding tert-OH is 5. The van der Waals surface area contributed by atoms with Crippen molar-refractivity contribution in [1.29, 1.82) is 0 Å². The predicted molar refractivity (Wildman–Crippen MR) is 169 cm³/mol. The zero-order chi connectivity index (χ0) is 37.4. The van der Waals surface area contributed by atoms with Crippen molar-refractivity contribution in [3.8, 4) is 17.2 Å². The number of esters is 1. The molecule has 0 amide bonds. The summed E-state index contributed by atoms with van der Waals surface area (Å²) in [4.78, 5) is 12.7. The fourth-order valence-electron chi connectivity index (χ4n) is 6.66. The minimum atomic E-state index is -2.11. The van der Waals surface area contributed by atoms with Crippen molar-refractivity contribution in [3.63, 3.8) is 0 Å². The molecule has 0 radical (unpaired) electrons. The van der Waals surface area contributed by atoms with Crippen molar-refractivity contribution in [2.75, 3.05) is 34.0 Å². The molecule has 2 saturated heterocycles. The molecule has 0 spiro atoms. The van der Waals surface area contributed by atoms with Gasteiger partial charge in [-0.2, -0.15) is 0 Å². The maximum atomic E-state index is 12.7. The number of hydrogen-bond acceptors (Lipinski definition) is 17. The summed E-state index contributed by atoms with van der Waals surface area (Å²) in [5.41, 5.74) is -6.55. The lowest BCUT2D eigenvalue weighted by molar-refractivity contribution is -0.314. The summed E-state index contributed by atoms with van der Waals surface area (Å²) in [5, 5.41) is 96.2. The summed E-state index contributed by atoms with van der Waals surface area (Å²) >= 11 is 0. The van der Waals surface area contributed by atoms with E-state index >= 15 is 0 Å². The smallest absolute Gasteiger partial charge is 0.338 e. The van der Waals surface area contributed by atoms with Gasteiger partial charge in [-0.15, -0.1) is 0 Å². The third kappa shape index (κ3) is 7.89. The van der Waals surface area contributed by atoms with Gasteiger partial charge in [-0.1, -0.05) is 26.0 Å². The number of ether oxygens (including phenoxy) is 7. The Balaban J connectivity index is 1.34. The van der Waals surface area contributed by atoms with E-state index in [1.54, 1.807) is 20.8 Å². The molecule has 3 fully saturated rings. The first-order valence-electron chi connectivity index (χ1n) is 16.1. The van der Waals surface area contributed by atoms with Gasteiger partial charge >= 0.3 is 5.97 Å². The number of methoxy groups -OCH3 is 2. The van der Waals surface area contributed by atoms with Crippen molar-refractivity contribution in [2.24, 2.45) is 5.41 Å². The minimum Gasteiger partial charge on any atom is -0.502 e. The van der Waals surface area contributed by atoms with E-state index in [4.69, 9.17) is 33.2 Å². The van der Waals surface area contributed by atoms with Crippen LogP contribution in [0.25, 0.3) is 0 Å². The van der Waals surface area contributed by atoms with Crippen LogP contribution in [0.4, 0.5) is 0 Å². The summed E-state index contributed by atoms with van der Waals surface area (Å²) in [6, 6.07) is 2.40. The molecule has 1 aromatic carbocycles. The Hall–Kier alpha value is -2.65. The first-order valence-corrected chi connectivity index (χ1v) is 16.1. The molecule has 50 heavy (non-hydrogen) atoms. The topological polar surface area (TPSA) is 264 Å². The van der Waals surface area contributed by atoms with E-state index in [0.717, 1.165) is 0 Å². The van der Waals surface area contributed by atoms with E-state index in [2.05, 4.69) is 0 Å². The minimum absolute atomic E-state index is 0.0598. The second kappa shape index (κ2) is 15.1. The lowest BCUT2D eigenvalue weighted by Crippen LogP contribution is -2.65. The molecular formula is C33H50O17. The molecule has 9 N–H and O–H groups in total. The van der Waals surface area contributed by atoms with Gasteiger partial charge in [0.15, 0.2) is 29.7 Å². The summed E-state index contributed by atoms with van der Waals surface area (Å²) in [7, 11) is 2.55. The molecule has 0 bridgehead atoms. The van der Waals surface area contributed by atoms with Gasteiger partial charge in [0.1, 0.15) is 42.7 Å². The number of rotatable bonds is 12. The highest BCUT2D eigenvalue weighted by Crippen LogP contribution is 2.50. The quantitative estimate of drug-likeness (QED) is 0.0876. The molecule has 12 atom stereocenters. The second-order valence-corrected chi connectivity index (χ2v) is 14.1. The zero-order valence-corrected chi connectivity index (χ0v) is 28.8. The average Bonchev–Trinajstić information content (AvgIpc) is 3.33. The molecule has 3 aliphatic rings. The van der Waals surface area contributed by atoms with Crippen LogP contribution in [0.5, 0.6) is 17.2 Å². The van der Waals surface area contributed by atoms with Crippen molar-refractivity contribution >= 4 is 5.97 Å². The van der Waals surface area contributed by atoms with Crippen LogP contribution in [0.15, 0.2) is 24.3 Å². The van der Waals surface area contributed by atoms with Gasteiger partial charge in [-0.05, 0) is 32.4 Å². The lowest BCUT2D eigenvalue weighted by atomic mass is 9.57. The maximum absolute atomic E-state index is 12.7. The Kier molecular flexibility index (Phi) is 12.1. The standard InChI is InChI=1S/C33H50O17/c1-16(7-8-33(43)30(2,3)11-18(34)12-31(33,4)41)49-28-25(38)24(37)23(36)21(50-28)13-46-29-26(39)32(42,15-48-29)14-47-27(40)17-9-19(44-5)22(35)20(10-17)45-6/h7-10,16,18,21,23-26,28-29,34-39,41-43H,11-15H2,1-6H3/t16-,18+,21+,23+,24-,25+,26-,28+,29+,31-,32+,33-/m0/s1. The molecule has 17 heteroatoms. The molecule has 284 valence electrons. The van der Waals surface area contributed by atoms with Gasteiger partial charge in [0.05, 0.1) is 50.8 Å². The number of hydrogen-bond donors (Lipinski definition) is 9. The van der Waals surface area contributed by atoms with Gasteiger partial charge < -0.3 is 79.1 Å². The van der Waals surface area contributed by atoms with Crippen molar-refractivity contribution < 1.29 is 83.9 Å². The van der Waals surface area contributed by atoms with Crippen LogP contribution in [-0.2, 0) is 23.7 Å². The Bertz CT molecular complexity index is 1320. The van der Waals surface area contributed by atoms with E-state index in [9.17, 15) is 50.8 Å². The predicted octanol–water partition coefficient (Wildman–Crippen LogP) is -1.54. The summed E-state index contributed by atoms with van der Waals surface area (Å²) in [5.74, 6) is -1.39. The molecule has 0 unspecified atom stereocenters. The number of carbonyl (C=O) groups is 1. The highest BCUT2D eigenvalue weighted by atomic mass is 16.7. The normalized spacial score (nSPS) is 39.3. The Morgan fingerprint density at radius 3 is 2.16 bits per heavy atom. The van der Waals surface area contributed by atoms with Crippen LogP contribution < -0.4 is 9.47 Å². The third-order valence-corrected chi connectivity index (χ3v) is 9.76. The zero-order valence-electron chi connectivity index (χ0n) is 28.8. The number of aromatic hydroxyl groups is 1. The fourth-order valence-corrected chi connectivity index (χ4v) is 6.66. The van der Waals surface area contributed by atoms with Crippen LogP contribution in [0.3, 0.4) is 0 Å². The Labute approximate surface area is 289 Å². The SMILES string of the molecule is COc1cc(C(=O)OC[C@@]2(O)CO[C@@H](OC[C@H]3O[C@@H](O[C@@H](C)C=C[C@]4(O)C(C)(C)C[C@@H](O)C[C@]4(C)O)[C@H](O)[C@@H](O)[C@@H]3O)[C@@H]2O)cc(OC)c1O. The van der Waals surface area contributed by atoms with Crippen LogP contribution in [-0.4, -0.2) is 158 Å². The largest absolute Gasteiger partial charge is 0.502 e. The molecular weight excluding hydrogens is 668 g/mol. The second-order valence-electron chi connectivity index (χ2n) is 14.1. The van der Waals surface area contributed by atoms with Crippen molar-refractivity contribution in [1.82, 2.24) is 0 Å². The number of phenols is 1. The van der Waals surface area contributed by atoms with E-state index in [-0.39, 0.29) is 35.7 Å². The molecule has 1 saturated carbocycles. The van der Waals surface area contributed by atoms with Gasteiger partial charge in [0.2, 0.25) is 5.75 Å². The van der Waals surface area contributed by atoms with Crippen molar-refractivity contribution in [2.45, 2.75) is 113 Å². The highest BCUT2D eigenvalue weighted by molar-refractivity contribution is 5.91. The molecule has 2 heterocycles. The molecule has 2 aliphatic heterocycles. The number of phenolic OH excluding ortho intramolecular Hbond substituents is 1. The summed E-state index contributed by atoms with van der Waals surface area (Å²) < 4.78 is 37.6. The average molecular weight is 719 g/mol. The monoisotopic (exact) mass is 718 g/mol. The third-order valence-electron chi connectivity index (χ3n) is 9.76. The Morgan fingerprint density at radius 2 is 1.58 bits per heavy atom. The molecule has 1 aliphatic carbocycles. The van der Waals surface area contributed by atoms with Crippen LogP contribution >= 0.6 is 0 Å². The van der Waals surface area contributed by atoms with Crippen LogP contribution in [0.1, 0.15) is 50.9 Å². The van der Waals surface area contributed by atoms with Crippen molar-refractivity contribution in [3.05, 3.63) is 29.8 Å². The first kappa shape index (κ1) is 40.1. The number of benzene rings is 1. The Morgan fingerprint density at radius 1 is 0.960 bits per heavy atom. The maximum Gasteiger partial charge on any atom is 0.338 e. The summed E-state index contributed by atoms with van der Waals surface area (Å²) in [6.07, 6.45) is -9.86. The first-order chi connectivity index (χ1) is 23.2. The van der Waals surface area contributed by atoms with Gasteiger partial charge in [0, 0.05) is 11.8 Å². The van der Waals surface area contributed by atoms with E-state index in [1.807, 2.05) is 0 Å². The van der Waals surface area contributed by atoms with E-state index < -0.39 is 103 Å². The molecule has 1 aromatic rings. The van der Waals surface area contributed by atoms with Gasteiger partial charge in [-0.3, -0.25) is 0 Å². The highest BCUT2D eigenvalue weighted by Gasteiger charge is 2.58. The van der Waals surface area contributed by atoms with Crippen LogP contribution in [0, 0.1) is 5.41 Å². The molecule has 17 nitrogen and oxygen atoms in total. The van der Waals surface area contributed by atoms with Gasteiger partial charge in [0.25, 0.3) is 0 Å². The molecule has 4 rings (SSSR count). The lowest BCUT2D eigenvalue weighted by Gasteiger charge is -2.55. The summed E-state index contributed by atoms with van der Waals surface area (Å²) in [6.45, 7) is 4.64. The fraction of sp³-hybridized carbons (Fsp3) is 0.727. The number of carbonyl (C=O) groups excluding carboxylic acids is 1. The number of aliphatic hydroxyl groups is 8. The van der Waals surface area contributed by atoms with Crippen LogP contribution in [0.2, 0.25) is 0 Å².